The van der Waals surface area contributed by atoms with Gasteiger partial charge in [0.15, 0.2) is 5.78 Å². The number of hydrogen-bond acceptors (Lipinski definition) is 2. The van der Waals surface area contributed by atoms with Crippen LogP contribution in [0.25, 0.3) is 0 Å². The van der Waals surface area contributed by atoms with E-state index in [1.54, 1.807) is 7.11 Å². The van der Waals surface area contributed by atoms with Gasteiger partial charge in [-0.3, -0.25) is 4.79 Å². The van der Waals surface area contributed by atoms with Gasteiger partial charge < -0.3 is 4.74 Å². The van der Waals surface area contributed by atoms with Crippen LogP contribution in [0.3, 0.4) is 0 Å². The van der Waals surface area contributed by atoms with Crippen LogP contribution >= 0.6 is 0 Å². The van der Waals surface area contributed by atoms with Gasteiger partial charge in [-0.25, -0.2) is 0 Å². The molecule has 2 heteroatoms. The highest BCUT2D eigenvalue weighted by Gasteiger charge is 2.43. The van der Waals surface area contributed by atoms with E-state index >= 15 is 0 Å². The van der Waals surface area contributed by atoms with Crippen molar-refractivity contribution < 1.29 is 9.53 Å². The van der Waals surface area contributed by atoms with Gasteiger partial charge >= 0.3 is 0 Å². The molecule has 0 atom stereocenters. The Morgan fingerprint density at radius 2 is 2.36 bits per heavy atom. The molecule has 0 aliphatic heterocycles. The molecule has 0 spiro atoms. The molecule has 1 saturated carbocycles. The van der Waals surface area contributed by atoms with Gasteiger partial charge in [0.05, 0.1) is 6.42 Å². The Labute approximate surface area is 66.9 Å². The average molecular weight is 152 g/mol. The number of methoxy groups -OCH3 is 1. The molecule has 0 aromatic heterocycles. The number of terminal acetylenes is 1. The monoisotopic (exact) mass is 152 g/mol. The van der Waals surface area contributed by atoms with Gasteiger partial charge in [0.1, 0.15) is 5.60 Å². The maximum Gasteiger partial charge on any atom is 0.176 e. The second kappa shape index (κ2) is 3.06. The molecule has 1 aliphatic rings. The first kappa shape index (κ1) is 8.29. The van der Waals surface area contributed by atoms with E-state index in [-0.39, 0.29) is 12.2 Å². The summed E-state index contributed by atoms with van der Waals surface area (Å²) in [6.07, 6.45) is 7.98. The third kappa shape index (κ3) is 1.29. The van der Waals surface area contributed by atoms with Crippen molar-refractivity contribution in [2.24, 2.45) is 0 Å². The number of carbonyl (C=O) groups excluding carboxylic acids is 1. The van der Waals surface area contributed by atoms with Crippen molar-refractivity contribution in [2.45, 2.75) is 31.3 Å². The van der Waals surface area contributed by atoms with Crippen molar-refractivity contribution in [3.63, 3.8) is 0 Å². The highest BCUT2D eigenvalue weighted by atomic mass is 16.5. The Kier molecular flexibility index (Phi) is 2.31. The van der Waals surface area contributed by atoms with E-state index in [0.717, 1.165) is 19.3 Å². The molecule has 0 unspecified atom stereocenters. The summed E-state index contributed by atoms with van der Waals surface area (Å²) in [5.41, 5.74) is -0.508. The first-order valence-electron chi connectivity index (χ1n) is 3.77. The molecule has 1 rings (SSSR count). The zero-order valence-electron chi connectivity index (χ0n) is 6.72. The van der Waals surface area contributed by atoms with E-state index < -0.39 is 5.60 Å². The zero-order chi connectivity index (χ0) is 8.32. The van der Waals surface area contributed by atoms with Gasteiger partial charge in [0.2, 0.25) is 0 Å². The number of ketones is 1. The Balaban J connectivity index is 2.56. The lowest BCUT2D eigenvalue weighted by Crippen LogP contribution is -2.46. The number of hydrogen-bond donors (Lipinski definition) is 0. The van der Waals surface area contributed by atoms with Crippen LogP contribution in [0.2, 0.25) is 0 Å². The van der Waals surface area contributed by atoms with Gasteiger partial charge in [-0.1, -0.05) is 5.92 Å². The summed E-state index contributed by atoms with van der Waals surface area (Å²) >= 11 is 0. The first-order chi connectivity index (χ1) is 5.25. The van der Waals surface area contributed by atoms with Crippen molar-refractivity contribution in [3.8, 4) is 12.3 Å². The van der Waals surface area contributed by atoms with Crippen LogP contribution in [0.4, 0.5) is 0 Å². The van der Waals surface area contributed by atoms with Crippen LogP contribution in [0.5, 0.6) is 0 Å². The fourth-order valence-corrected chi connectivity index (χ4v) is 1.35. The minimum absolute atomic E-state index is 0.0637. The third-order valence-electron chi connectivity index (χ3n) is 2.32. The van der Waals surface area contributed by atoms with E-state index in [1.807, 2.05) is 0 Å². The van der Waals surface area contributed by atoms with Crippen molar-refractivity contribution in [2.75, 3.05) is 7.11 Å². The van der Waals surface area contributed by atoms with Gasteiger partial charge in [-0.2, -0.15) is 0 Å². The molecule has 1 aliphatic carbocycles. The molecule has 0 saturated heterocycles. The van der Waals surface area contributed by atoms with Crippen molar-refractivity contribution >= 4 is 5.78 Å². The summed E-state index contributed by atoms with van der Waals surface area (Å²) in [6, 6.07) is 0. The highest BCUT2D eigenvalue weighted by Crippen LogP contribution is 2.36. The van der Waals surface area contributed by atoms with Gasteiger partial charge in [0.25, 0.3) is 0 Å². The quantitative estimate of drug-likeness (QED) is 0.567. The molecule has 0 aromatic rings. The van der Waals surface area contributed by atoms with Crippen LogP contribution in [-0.2, 0) is 9.53 Å². The Morgan fingerprint density at radius 1 is 1.73 bits per heavy atom. The first-order valence-corrected chi connectivity index (χ1v) is 3.77. The molecular weight excluding hydrogens is 140 g/mol. The maximum atomic E-state index is 11.3. The Morgan fingerprint density at radius 3 is 2.64 bits per heavy atom. The molecule has 11 heavy (non-hydrogen) atoms. The molecule has 0 bridgehead atoms. The van der Waals surface area contributed by atoms with Gasteiger partial charge in [0, 0.05) is 7.11 Å². The molecule has 0 amide bonds. The Bertz CT molecular complexity index is 191. The van der Waals surface area contributed by atoms with E-state index in [9.17, 15) is 4.79 Å². The highest BCUT2D eigenvalue weighted by molar-refractivity contribution is 5.90. The summed E-state index contributed by atoms with van der Waals surface area (Å²) in [4.78, 5) is 11.3. The summed E-state index contributed by atoms with van der Waals surface area (Å²) in [5.74, 6) is 2.41. The number of carbonyl (C=O) groups is 1. The minimum atomic E-state index is -0.508. The number of Topliss-reactive ketones (excluding diaryl/α,β-unsaturated/α-hetero) is 1. The number of rotatable bonds is 3. The predicted octanol–water partition coefficient (Wildman–Crippen LogP) is 1.15. The maximum absolute atomic E-state index is 11.3. The van der Waals surface area contributed by atoms with E-state index in [4.69, 9.17) is 11.2 Å². The molecule has 1 fully saturated rings. The largest absolute Gasteiger partial charge is 0.370 e. The fourth-order valence-electron chi connectivity index (χ4n) is 1.35. The molecule has 0 aromatic carbocycles. The topological polar surface area (TPSA) is 26.3 Å². The molecule has 0 N–H and O–H groups in total. The lowest BCUT2D eigenvalue weighted by atomic mass is 9.76. The molecule has 60 valence electrons. The summed E-state index contributed by atoms with van der Waals surface area (Å²) in [5, 5.41) is 0. The second-order valence-electron chi connectivity index (χ2n) is 2.86. The van der Waals surface area contributed by atoms with E-state index in [0.29, 0.717) is 0 Å². The molecular formula is C9H12O2. The van der Waals surface area contributed by atoms with E-state index in [2.05, 4.69) is 5.92 Å². The van der Waals surface area contributed by atoms with Gasteiger partial charge in [-0.15, -0.1) is 6.42 Å². The van der Waals surface area contributed by atoms with Crippen molar-refractivity contribution in [1.29, 1.82) is 0 Å². The summed E-state index contributed by atoms with van der Waals surface area (Å²) in [7, 11) is 1.58. The van der Waals surface area contributed by atoms with Crippen LogP contribution < -0.4 is 0 Å². The standard InChI is InChI=1S/C9H12O2/c1-3-5-8(10)9(11-2)6-4-7-9/h1H,4-7H2,2H3. The van der Waals surface area contributed by atoms with Crippen LogP contribution in [-0.4, -0.2) is 18.5 Å². The number of ether oxygens (including phenoxy) is 1. The molecule has 2 nitrogen and oxygen atoms in total. The SMILES string of the molecule is C#CCC(=O)C1(OC)CCC1. The molecule has 0 heterocycles. The average Bonchev–Trinajstić information content (AvgIpc) is 1.87. The summed E-state index contributed by atoms with van der Waals surface area (Å²) in [6.45, 7) is 0. The van der Waals surface area contributed by atoms with Crippen LogP contribution in [0.15, 0.2) is 0 Å². The van der Waals surface area contributed by atoms with Crippen LogP contribution in [0.1, 0.15) is 25.7 Å². The van der Waals surface area contributed by atoms with Gasteiger partial charge in [-0.05, 0) is 19.3 Å². The predicted molar refractivity (Wildman–Crippen MR) is 42.0 cm³/mol. The zero-order valence-corrected chi connectivity index (χ0v) is 6.72. The van der Waals surface area contributed by atoms with Crippen molar-refractivity contribution in [1.82, 2.24) is 0 Å². The fraction of sp³-hybridized carbons (Fsp3) is 0.667. The van der Waals surface area contributed by atoms with Crippen LogP contribution in [0, 0.1) is 12.3 Å². The summed E-state index contributed by atoms with van der Waals surface area (Å²) < 4.78 is 5.14. The van der Waals surface area contributed by atoms with Crippen molar-refractivity contribution in [3.05, 3.63) is 0 Å². The lowest BCUT2D eigenvalue weighted by molar-refractivity contribution is -0.150. The Hall–Kier alpha value is -0.810. The normalized spacial score (nSPS) is 20.0. The lowest BCUT2D eigenvalue weighted by Gasteiger charge is -2.38. The van der Waals surface area contributed by atoms with E-state index in [1.165, 1.54) is 0 Å². The second-order valence-corrected chi connectivity index (χ2v) is 2.86. The third-order valence-corrected chi connectivity index (χ3v) is 2.32. The minimum Gasteiger partial charge on any atom is -0.370 e. The molecule has 0 radical (unpaired) electrons. The smallest absolute Gasteiger partial charge is 0.176 e.